The minimum atomic E-state index is 0.170. The molecule has 4 heterocycles. The Kier molecular flexibility index (Phi) is 6.23. The third kappa shape index (κ3) is 4.29. The molecule has 2 unspecified atom stereocenters. The Morgan fingerprint density at radius 3 is 2.96 bits per heavy atom. The van der Waals surface area contributed by atoms with Crippen molar-refractivity contribution in [3.05, 3.63) is 23.5 Å². The van der Waals surface area contributed by atoms with Gasteiger partial charge in [-0.3, -0.25) is 4.79 Å². The zero-order chi connectivity index (χ0) is 17.8. The van der Waals surface area contributed by atoms with Crippen LogP contribution in [0.15, 0.2) is 12.3 Å². The van der Waals surface area contributed by atoms with E-state index in [1.54, 1.807) is 0 Å². The molecule has 2 saturated heterocycles. The topological polar surface area (TPSA) is 49.3 Å². The van der Waals surface area contributed by atoms with Gasteiger partial charge in [0.2, 0.25) is 5.91 Å². The largest absolute Gasteiger partial charge is 0.355 e. The number of aromatic nitrogens is 1. The molecule has 1 amide bonds. The number of carbonyl (C=O) groups excluding carboxylic acids is 1. The second-order valence-electron chi connectivity index (χ2n) is 7.93. The predicted molar refractivity (Wildman–Crippen MR) is 107 cm³/mol. The van der Waals surface area contributed by atoms with Crippen molar-refractivity contribution in [3.8, 4) is 0 Å². The fourth-order valence-corrected chi connectivity index (χ4v) is 6.12. The summed E-state index contributed by atoms with van der Waals surface area (Å²) < 4.78 is 2.44. The van der Waals surface area contributed by atoms with E-state index in [-0.39, 0.29) is 5.91 Å². The lowest BCUT2D eigenvalue weighted by molar-refractivity contribution is -0.120. The lowest BCUT2D eigenvalue weighted by Crippen LogP contribution is -2.38. The van der Waals surface area contributed by atoms with E-state index in [1.165, 1.54) is 56.5 Å². The van der Waals surface area contributed by atoms with Crippen molar-refractivity contribution in [3.63, 3.8) is 0 Å². The first kappa shape index (κ1) is 18.4. The van der Waals surface area contributed by atoms with Crippen LogP contribution in [0.4, 0.5) is 0 Å². The monoisotopic (exact) mass is 376 g/mol. The minimum absolute atomic E-state index is 0.170. The van der Waals surface area contributed by atoms with Crippen molar-refractivity contribution in [1.29, 1.82) is 0 Å². The van der Waals surface area contributed by atoms with Gasteiger partial charge < -0.3 is 20.1 Å². The molecule has 2 fully saturated rings. The summed E-state index contributed by atoms with van der Waals surface area (Å²) in [5.41, 5.74) is 2.59. The van der Waals surface area contributed by atoms with Gasteiger partial charge in [0.1, 0.15) is 0 Å². The summed E-state index contributed by atoms with van der Waals surface area (Å²) >= 11 is 2.05. The number of nitrogens with one attached hydrogen (secondary N) is 2. The highest BCUT2D eigenvalue weighted by atomic mass is 32.2. The molecule has 0 aliphatic carbocycles. The Hall–Kier alpha value is -0.980. The Balaban J connectivity index is 1.27. The molecule has 3 aliphatic rings. The fourth-order valence-electron chi connectivity index (χ4n) is 4.59. The molecule has 0 bridgehead atoms. The molecule has 0 saturated carbocycles. The summed E-state index contributed by atoms with van der Waals surface area (Å²) in [4.78, 5) is 14.9. The molecule has 6 heteroatoms. The molecule has 0 radical (unpaired) electrons. The highest BCUT2D eigenvalue weighted by Crippen LogP contribution is 2.44. The van der Waals surface area contributed by atoms with Gasteiger partial charge >= 0.3 is 0 Å². The average molecular weight is 377 g/mol. The average Bonchev–Trinajstić information content (AvgIpc) is 3.26. The number of piperidine rings is 2. The molecular formula is C20H32N4OS. The number of likely N-dealkylation sites (tertiary alicyclic amines) is 1. The molecule has 2 N–H and O–H groups in total. The SMILES string of the molecule is O=C(Cc1ccn2c1CSC2C1CCCNC1)NCCN1CCCCC1. The maximum Gasteiger partial charge on any atom is 0.224 e. The van der Waals surface area contributed by atoms with Gasteiger partial charge in [-0.2, -0.15) is 0 Å². The first-order chi connectivity index (χ1) is 12.8. The van der Waals surface area contributed by atoms with Gasteiger partial charge in [0.25, 0.3) is 0 Å². The van der Waals surface area contributed by atoms with Gasteiger partial charge in [-0.15, -0.1) is 11.8 Å². The molecule has 3 aliphatic heterocycles. The summed E-state index contributed by atoms with van der Waals surface area (Å²) in [6.07, 6.45) is 9.31. The standard InChI is InChI=1S/C20H32N4OS/c25-19(22-8-12-23-9-2-1-3-10-23)13-16-6-11-24-18(16)15-26-20(24)17-5-4-7-21-14-17/h6,11,17,20-21H,1-5,7-10,12-15H2,(H,22,25). The van der Waals surface area contributed by atoms with E-state index in [9.17, 15) is 4.79 Å². The van der Waals surface area contributed by atoms with Crippen LogP contribution in [0.25, 0.3) is 0 Å². The van der Waals surface area contributed by atoms with Gasteiger partial charge in [0.05, 0.1) is 11.8 Å². The van der Waals surface area contributed by atoms with Crippen LogP contribution in [0.1, 0.15) is 48.7 Å². The molecule has 4 rings (SSSR count). The maximum absolute atomic E-state index is 12.4. The minimum Gasteiger partial charge on any atom is -0.355 e. The van der Waals surface area contributed by atoms with Crippen LogP contribution in [0.5, 0.6) is 0 Å². The molecule has 2 atom stereocenters. The highest BCUT2D eigenvalue weighted by molar-refractivity contribution is 7.98. The molecule has 144 valence electrons. The summed E-state index contributed by atoms with van der Waals surface area (Å²) in [6, 6.07) is 2.17. The second kappa shape index (κ2) is 8.81. The normalized spacial score (nSPS) is 26.6. The molecule has 1 aromatic rings. The number of fused-ring (bicyclic) bond motifs is 1. The van der Waals surface area contributed by atoms with Crippen molar-refractivity contribution in [2.24, 2.45) is 5.92 Å². The lowest BCUT2D eigenvalue weighted by atomic mass is 9.99. The van der Waals surface area contributed by atoms with Gasteiger partial charge in [-0.1, -0.05) is 6.42 Å². The number of carbonyl (C=O) groups is 1. The molecule has 0 aromatic carbocycles. The van der Waals surface area contributed by atoms with Gasteiger partial charge in [-0.05, 0) is 56.9 Å². The van der Waals surface area contributed by atoms with E-state index in [0.717, 1.165) is 31.9 Å². The third-order valence-corrected chi connectivity index (χ3v) is 7.47. The number of rotatable bonds is 6. The first-order valence-corrected chi connectivity index (χ1v) is 11.4. The van der Waals surface area contributed by atoms with Crippen LogP contribution in [0.3, 0.4) is 0 Å². The first-order valence-electron chi connectivity index (χ1n) is 10.3. The van der Waals surface area contributed by atoms with Crippen molar-refractivity contribution in [1.82, 2.24) is 20.1 Å². The van der Waals surface area contributed by atoms with Crippen LogP contribution in [0.2, 0.25) is 0 Å². The number of hydrogen-bond donors (Lipinski definition) is 2. The van der Waals surface area contributed by atoms with Crippen LogP contribution in [-0.2, 0) is 17.0 Å². The summed E-state index contributed by atoms with van der Waals surface area (Å²) in [7, 11) is 0. The van der Waals surface area contributed by atoms with Crippen LogP contribution < -0.4 is 10.6 Å². The number of thioether (sulfide) groups is 1. The lowest BCUT2D eigenvalue weighted by Gasteiger charge is -2.28. The van der Waals surface area contributed by atoms with Crippen molar-refractivity contribution >= 4 is 17.7 Å². The Morgan fingerprint density at radius 1 is 1.27 bits per heavy atom. The quantitative estimate of drug-likeness (QED) is 0.800. The molecule has 0 spiro atoms. The molecule has 1 aromatic heterocycles. The zero-order valence-corrected chi connectivity index (χ0v) is 16.5. The highest BCUT2D eigenvalue weighted by Gasteiger charge is 2.32. The van der Waals surface area contributed by atoms with Gasteiger partial charge in [0.15, 0.2) is 0 Å². The van der Waals surface area contributed by atoms with Crippen LogP contribution >= 0.6 is 11.8 Å². The van der Waals surface area contributed by atoms with E-state index in [2.05, 4.69) is 32.4 Å². The fraction of sp³-hybridized carbons (Fsp3) is 0.750. The Labute approximate surface area is 161 Å². The van der Waals surface area contributed by atoms with Crippen molar-refractivity contribution < 1.29 is 4.79 Å². The van der Waals surface area contributed by atoms with Crippen LogP contribution in [-0.4, -0.2) is 54.6 Å². The summed E-state index contributed by atoms with van der Waals surface area (Å²) in [5, 5.41) is 7.21. The van der Waals surface area contributed by atoms with E-state index in [1.807, 2.05) is 11.8 Å². The molecule has 26 heavy (non-hydrogen) atoms. The van der Waals surface area contributed by atoms with E-state index in [4.69, 9.17) is 0 Å². The third-order valence-electron chi connectivity index (χ3n) is 6.07. The Bertz CT molecular complexity index is 605. The second-order valence-corrected chi connectivity index (χ2v) is 9.04. The van der Waals surface area contributed by atoms with Crippen molar-refractivity contribution in [2.75, 3.05) is 39.3 Å². The van der Waals surface area contributed by atoms with E-state index >= 15 is 0 Å². The number of amides is 1. The predicted octanol–water partition coefficient (Wildman–Crippen LogP) is 2.38. The summed E-state index contributed by atoms with van der Waals surface area (Å²) in [5.74, 6) is 1.93. The van der Waals surface area contributed by atoms with Crippen LogP contribution in [0, 0.1) is 5.92 Å². The smallest absolute Gasteiger partial charge is 0.224 e. The summed E-state index contributed by atoms with van der Waals surface area (Å²) in [6.45, 7) is 6.44. The number of nitrogens with zero attached hydrogens (tertiary/aromatic N) is 2. The molecule has 5 nitrogen and oxygen atoms in total. The van der Waals surface area contributed by atoms with Crippen molar-refractivity contribution in [2.45, 2.75) is 49.7 Å². The Morgan fingerprint density at radius 2 is 2.15 bits per heavy atom. The van der Waals surface area contributed by atoms with Gasteiger partial charge in [-0.25, -0.2) is 0 Å². The maximum atomic E-state index is 12.4. The number of hydrogen-bond acceptors (Lipinski definition) is 4. The molecular weight excluding hydrogens is 344 g/mol. The van der Waals surface area contributed by atoms with E-state index < -0.39 is 0 Å². The van der Waals surface area contributed by atoms with Gasteiger partial charge in [0, 0.05) is 43.2 Å². The zero-order valence-electron chi connectivity index (χ0n) is 15.7. The van der Waals surface area contributed by atoms with E-state index in [0.29, 0.717) is 17.7 Å².